The van der Waals surface area contributed by atoms with Crippen molar-refractivity contribution in [2.24, 2.45) is 0 Å². The predicted molar refractivity (Wildman–Crippen MR) is 120 cm³/mol. The molecule has 4 aromatic rings. The molecule has 0 atom stereocenters. The largest absolute Gasteiger partial charge is 0.368 e. The Hall–Kier alpha value is -3.25. The van der Waals surface area contributed by atoms with Gasteiger partial charge in [0.05, 0.1) is 10.2 Å². The monoisotopic (exact) mass is 402 g/mol. The van der Waals surface area contributed by atoms with Gasteiger partial charge in [0.25, 0.3) is 5.91 Å². The van der Waals surface area contributed by atoms with Crippen LogP contribution in [0.5, 0.6) is 0 Å². The van der Waals surface area contributed by atoms with Crippen molar-refractivity contribution < 1.29 is 4.79 Å². The molecule has 4 rings (SSSR count). The summed E-state index contributed by atoms with van der Waals surface area (Å²) in [6, 6.07) is 15.5. The number of nitrogens with zero attached hydrogens (tertiary/aromatic N) is 2. The van der Waals surface area contributed by atoms with Gasteiger partial charge in [0.1, 0.15) is 12.1 Å². The Balaban J connectivity index is 1.34. The summed E-state index contributed by atoms with van der Waals surface area (Å²) >= 11 is 1.67. The van der Waals surface area contributed by atoms with Gasteiger partial charge < -0.3 is 10.6 Å². The van der Waals surface area contributed by atoms with Gasteiger partial charge in [-0.1, -0.05) is 29.8 Å². The highest BCUT2D eigenvalue weighted by atomic mass is 32.1. The number of hydrogen-bond donors (Lipinski definition) is 2. The lowest BCUT2D eigenvalue weighted by atomic mass is 10.1. The molecule has 0 bridgehead atoms. The minimum atomic E-state index is -0.0952. The number of hydrogen-bond acceptors (Lipinski definition) is 5. The second-order valence-corrected chi connectivity index (χ2v) is 7.90. The fourth-order valence-corrected chi connectivity index (χ4v) is 4.13. The van der Waals surface area contributed by atoms with E-state index in [1.54, 1.807) is 17.7 Å². The van der Waals surface area contributed by atoms with Crippen LogP contribution in [0.4, 0.5) is 11.5 Å². The van der Waals surface area contributed by atoms with E-state index in [2.05, 4.69) is 32.9 Å². The van der Waals surface area contributed by atoms with Gasteiger partial charge in [-0.2, -0.15) is 0 Å². The molecule has 0 saturated carbocycles. The Morgan fingerprint density at radius 3 is 2.69 bits per heavy atom. The van der Waals surface area contributed by atoms with Gasteiger partial charge in [-0.3, -0.25) is 4.79 Å². The number of nitrogens with one attached hydrogen (secondary N) is 2. The number of aryl methyl sites for hydroxylation is 2. The highest BCUT2D eigenvalue weighted by Crippen LogP contribution is 2.28. The third-order valence-corrected chi connectivity index (χ3v) is 5.82. The van der Waals surface area contributed by atoms with Gasteiger partial charge in [0.15, 0.2) is 0 Å². The average molecular weight is 403 g/mol. The first-order valence-electron chi connectivity index (χ1n) is 9.50. The molecule has 2 aromatic heterocycles. The van der Waals surface area contributed by atoms with Crippen LogP contribution in [0.1, 0.15) is 27.0 Å². The summed E-state index contributed by atoms with van der Waals surface area (Å²) in [5, 5.41) is 8.46. The van der Waals surface area contributed by atoms with Crippen LogP contribution in [0.25, 0.3) is 10.2 Å². The molecular weight excluding hydrogens is 380 g/mol. The van der Waals surface area contributed by atoms with Crippen molar-refractivity contribution in [3.63, 3.8) is 0 Å². The normalized spacial score (nSPS) is 10.8. The summed E-state index contributed by atoms with van der Waals surface area (Å²) < 4.78 is 1.10. The van der Waals surface area contributed by atoms with Crippen molar-refractivity contribution in [2.45, 2.75) is 20.3 Å². The molecule has 2 aromatic carbocycles. The van der Waals surface area contributed by atoms with Crippen LogP contribution < -0.4 is 10.6 Å². The van der Waals surface area contributed by atoms with Gasteiger partial charge in [-0.05, 0) is 61.0 Å². The molecule has 0 spiro atoms. The number of anilines is 2. The van der Waals surface area contributed by atoms with Crippen molar-refractivity contribution in [1.29, 1.82) is 0 Å². The molecule has 6 heteroatoms. The summed E-state index contributed by atoms with van der Waals surface area (Å²) in [5.74, 6) is 0.789. The number of carbonyl (C=O) groups is 1. The third kappa shape index (κ3) is 4.43. The molecule has 0 saturated heterocycles. The number of rotatable bonds is 6. The van der Waals surface area contributed by atoms with Crippen molar-refractivity contribution >= 4 is 39.0 Å². The van der Waals surface area contributed by atoms with E-state index < -0.39 is 0 Å². The molecule has 2 heterocycles. The first-order valence-corrected chi connectivity index (χ1v) is 10.4. The molecule has 0 aliphatic carbocycles. The van der Waals surface area contributed by atoms with Crippen LogP contribution >= 0.6 is 11.3 Å². The van der Waals surface area contributed by atoms with E-state index in [4.69, 9.17) is 0 Å². The predicted octanol–water partition coefficient (Wildman–Crippen LogP) is 5.22. The molecule has 0 unspecified atom stereocenters. The maximum absolute atomic E-state index is 12.4. The number of benzene rings is 2. The van der Waals surface area contributed by atoms with E-state index in [0.29, 0.717) is 5.56 Å². The molecule has 0 radical (unpaired) electrons. The second-order valence-electron chi connectivity index (χ2n) is 7.02. The summed E-state index contributed by atoms with van der Waals surface area (Å²) in [5.41, 5.74) is 5.91. The highest BCUT2D eigenvalue weighted by Gasteiger charge is 2.08. The number of fused-ring (bicyclic) bond motifs is 1. The topological polar surface area (TPSA) is 66.9 Å². The minimum absolute atomic E-state index is 0.0952. The molecule has 146 valence electrons. The quantitative estimate of drug-likeness (QED) is 0.464. The van der Waals surface area contributed by atoms with E-state index in [-0.39, 0.29) is 5.91 Å². The van der Waals surface area contributed by atoms with E-state index >= 15 is 0 Å². The van der Waals surface area contributed by atoms with Crippen molar-refractivity contribution in [3.8, 4) is 0 Å². The molecule has 29 heavy (non-hydrogen) atoms. The zero-order valence-corrected chi connectivity index (χ0v) is 17.2. The standard InChI is InChI=1S/C23H22N4OS/c1-15-4-3-5-18(12-15)23(28)27-19-8-6-17(7-9-19)10-11-24-22-21-20(25-14-26-22)16(2)13-29-21/h3-9,12-14H,10-11H2,1-2H3,(H,27,28)(H,24,25,26). The number of aromatic nitrogens is 2. The Morgan fingerprint density at radius 1 is 1.07 bits per heavy atom. The third-order valence-electron chi connectivity index (χ3n) is 4.73. The van der Waals surface area contributed by atoms with E-state index in [1.165, 1.54) is 11.1 Å². The number of thiophene rings is 1. The smallest absolute Gasteiger partial charge is 0.255 e. The summed E-state index contributed by atoms with van der Waals surface area (Å²) in [4.78, 5) is 21.1. The summed E-state index contributed by atoms with van der Waals surface area (Å²) in [7, 11) is 0. The number of amides is 1. The molecule has 5 nitrogen and oxygen atoms in total. The van der Waals surface area contributed by atoms with E-state index in [9.17, 15) is 4.79 Å². The molecule has 2 N–H and O–H groups in total. The zero-order valence-electron chi connectivity index (χ0n) is 16.4. The van der Waals surface area contributed by atoms with Crippen molar-refractivity contribution in [2.75, 3.05) is 17.2 Å². The van der Waals surface area contributed by atoms with Crippen LogP contribution in [-0.4, -0.2) is 22.4 Å². The Labute approximate surface area is 173 Å². The SMILES string of the molecule is Cc1cccc(C(=O)Nc2ccc(CCNc3ncnc4c(C)csc34)cc2)c1. The number of carbonyl (C=O) groups excluding carboxylic acids is 1. The Kier molecular flexibility index (Phi) is 5.53. The molecule has 0 aliphatic rings. The van der Waals surface area contributed by atoms with Crippen LogP contribution in [0, 0.1) is 13.8 Å². The van der Waals surface area contributed by atoms with Crippen LogP contribution in [0.3, 0.4) is 0 Å². The first-order chi connectivity index (χ1) is 14.1. The average Bonchev–Trinajstić information content (AvgIpc) is 3.11. The van der Waals surface area contributed by atoms with E-state index in [0.717, 1.165) is 40.3 Å². The van der Waals surface area contributed by atoms with Crippen LogP contribution in [0.15, 0.2) is 60.2 Å². The first kappa shape index (κ1) is 19.1. The summed E-state index contributed by atoms with van der Waals surface area (Å²) in [6.45, 7) is 4.82. The zero-order chi connectivity index (χ0) is 20.2. The van der Waals surface area contributed by atoms with Gasteiger partial charge in [-0.15, -0.1) is 11.3 Å². The fourth-order valence-electron chi connectivity index (χ4n) is 3.16. The van der Waals surface area contributed by atoms with Crippen molar-refractivity contribution in [3.05, 3.63) is 82.5 Å². The van der Waals surface area contributed by atoms with Crippen molar-refractivity contribution in [1.82, 2.24) is 9.97 Å². The minimum Gasteiger partial charge on any atom is -0.368 e. The molecular formula is C23H22N4OS. The van der Waals surface area contributed by atoms with Gasteiger partial charge >= 0.3 is 0 Å². The molecule has 0 aliphatic heterocycles. The van der Waals surface area contributed by atoms with Crippen LogP contribution in [0.2, 0.25) is 0 Å². The van der Waals surface area contributed by atoms with Gasteiger partial charge in [-0.25, -0.2) is 9.97 Å². The van der Waals surface area contributed by atoms with Crippen LogP contribution in [-0.2, 0) is 6.42 Å². The second kappa shape index (κ2) is 8.41. The lowest BCUT2D eigenvalue weighted by Crippen LogP contribution is -2.12. The maximum atomic E-state index is 12.4. The van der Waals surface area contributed by atoms with E-state index in [1.807, 2.05) is 55.5 Å². The highest BCUT2D eigenvalue weighted by molar-refractivity contribution is 7.18. The van der Waals surface area contributed by atoms with Gasteiger partial charge in [0, 0.05) is 17.8 Å². The Bertz CT molecular complexity index is 1150. The summed E-state index contributed by atoms with van der Waals surface area (Å²) in [6.07, 6.45) is 2.47. The molecule has 1 amide bonds. The lowest BCUT2D eigenvalue weighted by Gasteiger charge is -2.09. The molecule has 0 fully saturated rings. The maximum Gasteiger partial charge on any atom is 0.255 e. The Morgan fingerprint density at radius 2 is 1.90 bits per heavy atom. The van der Waals surface area contributed by atoms with Gasteiger partial charge in [0.2, 0.25) is 0 Å². The fraction of sp³-hybridized carbons (Fsp3) is 0.174. The lowest BCUT2D eigenvalue weighted by molar-refractivity contribution is 0.102.